The van der Waals surface area contributed by atoms with E-state index in [0.717, 1.165) is 11.1 Å². The number of carboxylic acids is 1. The van der Waals surface area contributed by atoms with E-state index in [1.54, 1.807) is 30.9 Å². The molecule has 0 radical (unpaired) electrons. The fourth-order valence-electron chi connectivity index (χ4n) is 7.36. The number of carboxylic acid groups (broad SMARTS) is 1. The maximum atomic E-state index is 14.4. The second-order valence-corrected chi connectivity index (χ2v) is 14.5. The van der Waals surface area contributed by atoms with Gasteiger partial charge in [-0.2, -0.15) is 0 Å². The first kappa shape index (κ1) is 36.5. The van der Waals surface area contributed by atoms with E-state index in [-0.39, 0.29) is 43.2 Å². The van der Waals surface area contributed by atoms with E-state index in [0.29, 0.717) is 38.8 Å². The molecular formula is C38H46N6O8. The predicted molar refractivity (Wildman–Crippen MR) is 187 cm³/mol. The van der Waals surface area contributed by atoms with Gasteiger partial charge in [0.1, 0.15) is 29.8 Å². The molecule has 0 bridgehead atoms. The van der Waals surface area contributed by atoms with Gasteiger partial charge in [-0.25, -0.2) is 9.59 Å². The van der Waals surface area contributed by atoms with Gasteiger partial charge in [0.25, 0.3) is 5.91 Å². The zero-order valence-corrected chi connectivity index (χ0v) is 29.5. The van der Waals surface area contributed by atoms with Crippen molar-refractivity contribution in [3.63, 3.8) is 0 Å². The van der Waals surface area contributed by atoms with Crippen LogP contribution in [-0.2, 0) is 36.9 Å². The van der Waals surface area contributed by atoms with Gasteiger partial charge in [0.15, 0.2) is 0 Å². The fourth-order valence-corrected chi connectivity index (χ4v) is 7.36. The third kappa shape index (κ3) is 7.95. The molecule has 4 aliphatic rings. The van der Waals surface area contributed by atoms with Crippen LogP contribution in [0.15, 0.2) is 60.9 Å². The highest BCUT2D eigenvalue weighted by atomic mass is 16.6. The summed E-state index contributed by atoms with van der Waals surface area (Å²) in [6.45, 7) is 4.26. The smallest absolute Gasteiger partial charge is 0.410 e. The van der Waals surface area contributed by atoms with E-state index in [2.05, 4.69) is 20.9 Å². The highest BCUT2D eigenvalue weighted by Crippen LogP contribution is 2.45. The molecule has 14 heteroatoms. The number of nitrogens with zero attached hydrogens (tertiary/aromatic N) is 3. The normalized spacial score (nSPS) is 27.1. The summed E-state index contributed by atoms with van der Waals surface area (Å²) in [5.74, 6) is -4.16. The van der Waals surface area contributed by atoms with Gasteiger partial charge >= 0.3 is 12.1 Å². The Balaban J connectivity index is 1.22. The predicted octanol–water partition coefficient (Wildman–Crippen LogP) is 2.57. The number of ether oxygens (including phenoxy) is 1. The van der Waals surface area contributed by atoms with Crippen molar-refractivity contribution in [3.8, 4) is 0 Å². The van der Waals surface area contributed by atoms with Crippen molar-refractivity contribution in [2.24, 2.45) is 11.8 Å². The Kier molecular flexibility index (Phi) is 10.9. The van der Waals surface area contributed by atoms with E-state index in [9.17, 15) is 33.9 Å². The molecule has 1 aromatic carbocycles. The van der Waals surface area contributed by atoms with Crippen molar-refractivity contribution in [3.05, 3.63) is 77.6 Å². The monoisotopic (exact) mass is 714 g/mol. The van der Waals surface area contributed by atoms with Gasteiger partial charge in [-0.15, -0.1) is 0 Å². The maximum Gasteiger partial charge on any atom is 0.410 e. The van der Waals surface area contributed by atoms with Crippen molar-refractivity contribution in [2.75, 3.05) is 13.1 Å². The lowest BCUT2D eigenvalue weighted by Gasteiger charge is -2.31. The van der Waals surface area contributed by atoms with Gasteiger partial charge in [-0.1, -0.05) is 56.7 Å². The number of hydrogen-bond acceptors (Lipinski definition) is 8. The van der Waals surface area contributed by atoms with Crippen LogP contribution in [0.5, 0.6) is 0 Å². The van der Waals surface area contributed by atoms with Crippen LogP contribution in [0.25, 0.3) is 0 Å². The molecule has 2 aromatic rings. The standard InChI is InChI=1S/C38H46N6O8/c1-23(2)31(41-32(45)25-12-9-16-39-20-25)34(47)40-29-14-6-4-3-5-13-27-19-38(27,36(49)50)42-33(46)30-18-28(22-44(30)35(29)48)52-37(51)43-17-15-24-10-7-8-11-26(24)21-43/h5,7-13,16,20,23,27-31H,3-4,6,14-15,17-19,21-22H2,1-2H3,(H,40,47)(H,41,45)(H,42,46)(H,49,50)/b13-5-/t27-,28-,29+,30+,31-,38-/m1/s1. The molecular weight excluding hydrogens is 668 g/mol. The molecule has 0 spiro atoms. The number of aliphatic carboxylic acids is 1. The highest BCUT2D eigenvalue weighted by Gasteiger charge is 2.61. The number of allylic oxidation sites excluding steroid dienone is 1. The summed E-state index contributed by atoms with van der Waals surface area (Å²) in [7, 11) is 0. The van der Waals surface area contributed by atoms with Crippen molar-refractivity contribution >= 4 is 35.7 Å². The van der Waals surface area contributed by atoms with Gasteiger partial charge in [0.2, 0.25) is 17.7 Å². The molecule has 1 aliphatic carbocycles. The van der Waals surface area contributed by atoms with Crippen LogP contribution in [0.2, 0.25) is 0 Å². The number of fused-ring (bicyclic) bond motifs is 3. The van der Waals surface area contributed by atoms with Crippen LogP contribution in [0.1, 0.15) is 73.9 Å². The van der Waals surface area contributed by atoms with E-state index in [4.69, 9.17) is 4.74 Å². The second kappa shape index (κ2) is 15.5. The zero-order chi connectivity index (χ0) is 37.0. The van der Waals surface area contributed by atoms with Gasteiger partial charge in [0.05, 0.1) is 12.1 Å². The number of pyridine rings is 1. The summed E-state index contributed by atoms with van der Waals surface area (Å²) < 4.78 is 5.92. The Morgan fingerprint density at radius 2 is 1.87 bits per heavy atom. The molecule has 1 saturated heterocycles. The van der Waals surface area contributed by atoms with Crippen LogP contribution < -0.4 is 16.0 Å². The Labute approximate surface area is 302 Å². The molecule has 14 nitrogen and oxygen atoms in total. The lowest BCUT2D eigenvalue weighted by molar-refractivity contribution is -0.146. The molecule has 1 aromatic heterocycles. The Hall–Kier alpha value is -5.27. The van der Waals surface area contributed by atoms with Crippen LogP contribution >= 0.6 is 0 Å². The zero-order valence-electron chi connectivity index (χ0n) is 29.5. The van der Waals surface area contributed by atoms with Crippen LogP contribution in [0.4, 0.5) is 4.79 Å². The molecule has 276 valence electrons. The number of amides is 5. The fraction of sp³-hybridized carbons (Fsp3) is 0.500. The highest BCUT2D eigenvalue weighted by molar-refractivity contribution is 5.99. The quantitative estimate of drug-likeness (QED) is 0.313. The molecule has 0 unspecified atom stereocenters. The lowest BCUT2D eigenvalue weighted by Crippen LogP contribution is -2.58. The third-order valence-corrected chi connectivity index (χ3v) is 10.5. The Morgan fingerprint density at radius 3 is 2.60 bits per heavy atom. The van der Waals surface area contributed by atoms with Crippen molar-refractivity contribution in [2.45, 2.75) is 95.1 Å². The minimum absolute atomic E-state index is 0.0413. The minimum atomic E-state index is -1.49. The van der Waals surface area contributed by atoms with E-state index in [1.165, 1.54) is 17.3 Å². The number of benzene rings is 1. The maximum absolute atomic E-state index is 14.4. The number of carbonyl (C=O) groups is 6. The van der Waals surface area contributed by atoms with E-state index in [1.807, 2.05) is 36.4 Å². The molecule has 6 rings (SSSR count). The molecule has 1 saturated carbocycles. The number of rotatable bonds is 7. The first-order chi connectivity index (χ1) is 25.0. The van der Waals surface area contributed by atoms with Gasteiger partial charge in [-0.3, -0.25) is 24.2 Å². The molecule has 52 heavy (non-hydrogen) atoms. The summed E-state index contributed by atoms with van der Waals surface area (Å²) >= 11 is 0. The summed E-state index contributed by atoms with van der Waals surface area (Å²) in [5.41, 5.74) is 0.966. The number of nitrogens with one attached hydrogen (secondary N) is 3. The first-order valence-electron chi connectivity index (χ1n) is 18.0. The van der Waals surface area contributed by atoms with Crippen LogP contribution in [-0.4, -0.2) is 98.4 Å². The minimum Gasteiger partial charge on any atom is -0.479 e. The summed E-state index contributed by atoms with van der Waals surface area (Å²) in [4.78, 5) is 87.8. The van der Waals surface area contributed by atoms with Crippen molar-refractivity contribution in [1.29, 1.82) is 0 Å². The summed E-state index contributed by atoms with van der Waals surface area (Å²) in [6, 6.07) is 7.85. The lowest BCUT2D eigenvalue weighted by atomic mass is 10.0. The molecule has 5 amide bonds. The first-order valence-corrected chi connectivity index (χ1v) is 18.0. The summed E-state index contributed by atoms with van der Waals surface area (Å²) in [5, 5.41) is 18.5. The Morgan fingerprint density at radius 1 is 1.08 bits per heavy atom. The van der Waals surface area contributed by atoms with E-state index >= 15 is 0 Å². The SMILES string of the molecule is CC(C)[C@@H](NC(=O)c1cccnc1)C(=O)N[C@H]1CCCC/C=C\[C@@H]2C[C@@]2(C(=O)O)NC(=O)[C@@H]2C[C@@H](OC(=O)N3CCc4ccccc4C3)CN2C1=O. The number of aromatic nitrogens is 1. The molecule has 4 heterocycles. The topological polar surface area (TPSA) is 187 Å². The van der Waals surface area contributed by atoms with Crippen LogP contribution in [0, 0.1) is 11.8 Å². The van der Waals surface area contributed by atoms with Crippen molar-refractivity contribution < 1.29 is 38.6 Å². The Bertz CT molecular complexity index is 1730. The molecule has 6 atom stereocenters. The average Bonchev–Trinajstić information content (AvgIpc) is 3.68. The van der Waals surface area contributed by atoms with Gasteiger partial charge in [0, 0.05) is 37.8 Å². The molecule has 3 aliphatic heterocycles. The van der Waals surface area contributed by atoms with Gasteiger partial charge < -0.3 is 35.6 Å². The average molecular weight is 715 g/mol. The van der Waals surface area contributed by atoms with E-state index < -0.39 is 65.5 Å². The molecule has 4 N–H and O–H groups in total. The molecule has 2 fully saturated rings. The van der Waals surface area contributed by atoms with Crippen LogP contribution in [0.3, 0.4) is 0 Å². The number of carbonyl (C=O) groups excluding carboxylic acids is 5. The summed E-state index contributed by atoms with van der Waals surface area (Å²) in [6.07, 6.45) is 8.15. The van der Waals surface area contributed by atoms with Crippen molar-refractivity contribution in [1.82, 2.24) is 30.7 Å². The largest absolute Gasteiger partial charge is 0.479 e. The number of hydrogen-bond donors (Lipinski definition) is 4. The third-order valence-electron chi connectivity index (χ3n) is 10.5. The second-order valence-electron chi connectivity index (χ2n) is 14.5. The van der Waals surface area contributed by atoms with Gasteiger partial charge in [-0.05, 0) is 61.3 Å².